The summed E-state index contributed by atoms with van der Waals surface area (Å²) in [4.78, 5) is 28.0. The lowest BCUT2D eigenvalue weighted by Crippen LogP contribution is -2.39. The fourth-order valence-corrected chi connectivity index (χ4v) is 2.07. The topological polar surface area (TPSA) is 61.8 Å². The second-order valence-corrected chi connectivity index (χ2v) is 4.92. The van der Waals surface area contributed by atoms with Crippen molar-refractivity contribution < 1.29 is 0 Å². The quantitative estimate of drug-likeness (QED) is 0.859. The van der Waals surface area contributed by atoms with Gasteiger partial charge in [-0.05, 0) is 5.92 Å². The highest BCUT2D eigenvalue weighted by Crippen LogP contribution is 2.09. The molecular formula is C10H12Cl2N4O2. The number of halogens is 2. The van der Waals surface area contributed by atoms with Crippen molar-refractivity contribution in [2.45, 2.75) is 26.8 Å². The van der Waals surface area contributed by atoms with E-state index in [0.29, 0.717) is 6.54 Å². The molecule has 8 heteroatoms. The predicted molar refractivity (Wildman–Crippen MR) is 70.2 cm³/mol. The monoisotopic (exact) mass is 290 g/mol. The Hall–Kier alpha value is -1.27. The number of aromatic nitrogens is 4. The van der Waals surface area contributed by atoms with Gasteiger partial charge >= 0.3 is 5.69 Å². The van der Waals surface area contributed by atoms with E-state index in [9.17, 15) is 9.59 Å². The van der Waals surface area contributed by atoms with Crippen LogP contribution in [-0.2, 0) is 6.54 Å². The zero-order chi connectivity index (χ0) is 13.4. The lowest BCUT2D eigenvalue weighted by atomic mass is 10.1. The minimum Gasteiger partial charge on any atom is -0.267 e. The Balaban J connectivity index is 2.78. The Labute approximate surface area is 113 Å². The molecule has 98 valence electrons. The van der Waals surface area contributed by atoms with Crippen molar-refractivity contribution in [2.24, 2.45) is 5.92 Å². The average molecular weight is 291 g/mol. The third kappa shape index (κ3) is 1.95. The maximum Gasteiger partial charge on any atom is 0.347 e. The molecule has 2 aromatic heterocycles. The van der Waals surface area contributed by atoms with Crippen LogP contribution in [0.15, 0.2) is 15.9 Å². The molecule has 0 aliphatic rings. The van der Waals surface area contributed by atoms with E-state index in [1.807, 2.05) is 13.8 Å². The molecule has 1 atom stereocenters. The molecule has 0 radical (unpaired) electrons. The maximum absolute atomic E-state index is 12.2. The highest BCUT2D eigenvalue weighted by Gasteiger charge is 2.17. The van der Waals surface area contributed by atoms with Gasteiger partial charge in [0, 0.05) is 30.1 Å². The first-order valence-electron chi connectivity index (χ1n) is 5.52. The lowest BCUT2D eigenvalue weighted by molar-refractivity contribution is 0.447. The Morgan fingerprint density at radius 2 is 2.06 bits per heavy atom. The molecular weight excluding hydrogens is 279 g/mol. The predicted octanol–water partition coefficient (Wildman–Crippen LogP) is 1.41. The van der Waals surface area contributed by atoms with E-state index < -0.39 is 11.2 Å². The van der Waals surface area contributed by atoms with E-state index in [4.69, 9.17) is 23.6 Å². The molecule has 0 aliphatic carbocycles. The normalized spacial score (nSPS) is 13.1. The Kier molecular flexibility index (Phi) is 3.49. The maximum atomic E-state index is 12.2. The zero-order valence-electron chi connectivity index (χ0n) is 9.93. The van der Waals surface area contributed by atoms with Gasteiger partial charge in [-0.15, -0.1) is 0 Å². The first-order valence-corrected chi connectivity index (χ1v) is 6.20. The molecule has 0 aromatic carbocycles. The SMILES string of the molecule is CCC(C)Cn1c(=O)c2c(ncn2Cl)n(Cl)c1=O. The summed E-state index contributed by atoms with van der Waals surface area (Å²) >= 11 is 11.7. The van der Waals surface area contributed by atoms with E-state index in [1.54, 1.807) is 0 Å². The van der Waals surface area contributed by atoms with Crippen molar-refractivity contribution in [2.75, 3.05) is 0 Å². The molecule has 0 aliphatic heterocycles. The number of rotatable bonds is 3. The van der Waals surface area contributed by atoms with Crippen molar-refractivity contribution in [1.82, 2.24) is 17.7 Å². The summed E-state index contributed by atoms with van der Waals surface area (Å²) in [5.74, 6) is 0.191. The molecule has 2 rings (SSSR count). The molecule has 0 amide bonds. The van der Waals surface area contributed by atoms with Gasteiger partial charge in [0.25, 0.3) is 5.56 Å². The summed E-state index contributed by atoms with van der Waals surface area (Å²) in [5, 5.41) is 0. The molecule has 0 fully saturated rings. The van der Waals surface area contributed by atoms with Gasteiger partial charge in [-0.25, -0.2) is 13.9 Å². The fraction of sp³-hybridized carbons (Fsp3) is 0.500. The Bertz CT molecular complexity index is 700. The minimum absolute atomic E-state index is 0.0714. The van der Waals surface area contributed by atoms with Crippen LogP contribution < -0.4 is 11.2 Å². The largest absolute Gasteiger partial charge is 0.347 e. The van der Waals surface area contributed by atoms with Crippen LogP contribution in [-0.4, -0.2) is 17.7 Å². The summed E-state index contributed by atoms with van der Waals surface area (Å²) in [6.45, 7) is 4.24. The van der Waals surface area contributed by atoms with Gasteiger partial charge in [0.1, 0.15) is 6.33 Å². The van der Waals surface area contributed by atoms with Crippen molar-refractivity contribution in [3.8, 4) is 0 Å². The van der Waals surface area contributed by atoms with Crippen molar-refractivity contribution in [3.63, 3.8) is 0 Å². The number of imidazole rings is 1. The van der Waals surface area contributed by atoms with Crippen LogP contribution in [0.2, 0.25) is 0 Å². The Morgan fingerprint density at radius 3 is 2.67 bits per heavy atom. The molecule has 1 unspecified atom stereocenters. The first-order chi connectivity index (χ1) is 8.47. The van der Waals surface area contributed by atoms with Crippen LogP contribution in [0.4, 0.5) is 0 Å². The van der Waals surface area contributed by atoms with E-state index in [0.717, 1.165) is 19.2 Å². The summed E-state index contributed by atoms with van der Waals surface area (Å²) in [6.07, 6.45) is 2.09. The second-order valence-electron chi connectivity index (χ2n) is 4.22. The molecule has 0 spiro atoms. The van der Waals surface area contributed by atoms with Gasteiger partial charge in [0.15, 0.2) is 11.2 Å². The van der Waals surface area contributed by atoms with E-state index in [2.05, 4.69) is 4.98 Å². The lowest BCUT2D eigenvalue weighted by Gasteiger charge is -2.11. The van der Waals surface area contributed by atoms with Crippen molar-refractivity contribution >= 4 is 34.7 Å². The third-order valence-electron chi connectivity index (χ3n) is 2.93. The van der Waals surface area contributed by atoms with E-state index in [-0.39, 0.29) is 17.1 Å². The van der Waals surface area contributed by atoms with Crippen LogP contribution in [0.3, 0.4) is 0 Å². The molecule has 18 heavy (non-hydrogen) atoms. The summed E-state index contributed by atoms with van der Waals surface area (Å²) < 4.78 is 2.95. The number of fused-ring (bicyclic) bond motifs is 1. The van der Waals surface area contributed by atoms with Crippen molar-refractivity contribution in [3.05, 3.63) is 27.2 Å². The van der Waals surface area contributed by atoms with Gasteiger partial charge in [0.2, 0.25) is 0 Å². The number of nitrogens with zero attached hydrogens (tertiary/aromatic N) is 4. The van der Waals surface area contributed by atoms with Gasteiger partial charge in [-0.3, -0.25) is 9.36 Å². The van der Waals surface area contributed by atoms with E-state index >= 15 is 0 Å². The minimum atomic E-state index is -0.593. The van der Waals surface area contributed by atoms with E-state index in [1.165, 1.54) is 6.33 Å². The molecule has 0 saturated carbocycles. The molecule has 0 bridgehead atoms. The van der Waals surface area contributed by atoms with Gasteiger partial charge in [-0.1, -0.05) is 20.3 Å². The molecule has 6 nitrogen and oxygen atoms in total. The van der Waals surface area contributed by atoms with Crippen LogP contribution in [0.25, 0.3) is 11.2 Å². The highest BCUT2D eigenvalue weighted by molar-refractivity contribution is 6.20. The fourth-order valence-electron chi connectivity index (χ4n) is 1.66. The van der Waals surface area contributed by atoms with Gasteiger partial charge in [-0.2, -0.15) is 4.09 Å². The molecule has 0 saturated heterocycles. The standard InChI is InChI=1S/C10H12Cl2N4O2/c1-3-6(2)4-14-9(17)7-8(13-5-15(7)11)16(12)10(14)18/h5-6H,3-4H2,1-2H3. The van der Waals surface area contributed by atoms with Crippen LogP contribution >= 0.6 is 23.6 Å². The number of hydrogen-bond acceptors (Lipinski definition) is 3. The summed E-state index contributed by atoms with van der Waals surface area (Å²) in [6, 6.07) is 0. The average Bonchev–Trinajstić information content (AvgIpc) is 2.74. The Morgan fingerprint density at radius 1 is 1.39 bits per heavy atom. The zero-order valence-corrected chi connectivity index (χ0v) is 11.4. The molecule has 0 N–H and O–H groups in total. The van der Waals surface area contributed by atoms with Crippen LogP contribution in [0.5, 0.6) is 0 Å². The molecule has 2 aromatic rings. The van der Waals surface area contributed by atoms with Crippen LogP contribution in [0.1, 0.15) is 20.3 Å². The van der Waals surface area contributed by atoms with Crippen molar-refractivity contribution in [1.29, 1.82) is 0 Å². The smallest absolute Gasteiger partial charge is 0.267 e. The summed E-state index contributed by atoms with van der Waals surface area (Å²) in [7, 11) is 0. The van der Waals surface area contributed by atoms with Crippen LogP contribution in [0, 0.1) is 5.92 Å². The third-order valence-corrected chi connectivity index (χ3v) is 3.49. The van der Waals surface area contributed by atoms with Gasteiger partial charge in [0.05, 0.1) is 0 Å². The number of hydrogen-bond donors (Lipinski definition) is 0. The molecule has 2 heterocycles. The van der Waals surface area contributed by atoms with Gasteiger partial charge < -0.3 is 0 Å². The highest BCUT2D eigenvalue weighted by atomic mass is 35.5. The summed E-state index contributed by atoms with van der Waals surface area (Å²) in [5.41, 5.74) is -0.888. The second kappa shape index (κ2) is 4.78. The first kappa shape index (κ1) is 13.2.